The van der Waals surface area contributed by atoms with E-state index in [1.807, 2.05) is 29.2 Å². The third-order valence-corrected chi connectivity index (χ3v) is 6.93. The summed E-state index contributed by atoms with van der Waals surface area (Å²) >= 11 is 0. The lowest BCUT2D eigenvalue weighted by atomic mass is 9.93. The number of carbonyl (C=O) groups is 3. The second-order valence-corrected chi connectivity index (χ2v) is 9.41. The summed E-state index contributed by atoms with van der Waals surface area (Å²) in [7, 11) is 0. The Hall–Kier alpha value is -3.26. The second-order valence-electron chi connectivity index (χ2n) is 9.41. The quantitative estimate of drug-likeness (QED) is 0.636. The first-order valence-corrected chi connectivity index (χ1v) is 12.3. The van der Waals surface area contributed by atoms with Crippen molar-refractivity contribution in [2.24, 2.45) is 0 Å². The minimum atomic E-state index is -0.441. The van der Waals surface area contributed by atoms with Crippen LogP contribution in [0.25, 0.3) is 0 Å². The summed E-state index contributed by atoms with van der Waals surface area (Å²) in [5, 5.41) is 6.10. The van der Waals surface area contributed by atoms with E-state index in [2.05, 4.69) is 10.6 Å². The van der Waals surface area contributed by atoms with Gasteiger partial charge in [-0.25, -0.2) is 4.39 Å². The van der Waals surface area contributed by atoms with E-state index >= 15 is 0 Å². The van der Waals surface area contributed by atoms with Crippen molar-refractivity contribution in [1.29, 1.82) is 0 Å². The van der Waals surface area contributed by atoms with Gasteiger partial charge in [-0.3, -0.25) is 19.3 Å². The van der Waals surface area contributed by atoms with Crippen LogP contribution in [0.15, 0.2) is 48.5 Å². The first-order chi connectivity index (χ1) is 16.9. The minimum Gasteiger partial charge on any atom is -0.354 e. The first kappa shape index (κ1) is 24.9. The highest BCUT2D eigenvalue weighted by Gasteiger charge is 2.33. The van der Waals surface area contributed by atoms with E-state index in [9.17, 15) is 18.8 Å². The maximum absolute atomic E-state index is 13.2. The molecular formula is C27H33FN4O3. The van der Waals surface area contributed by atoms with E-state index in [0.717, 1.165) is 29.5 Å². The first-order valence-electron chi connectivity index (χ1n) is 12.3. The highest BCUT2D eigenvalue weighted by molar-refractivity contribution is 5.84. The van der Waals surface area contributed by atoms with Crippen molar-refractivity contribution in [2.75, 3.05) is 26.2 Å². The Morgan fingerprint density at radius 3 is 2.37 bits per heavy atom. The summed E-state index contributed by atoms with van der Waals surface area (Å²) in [5.74, 6) is -0.425. The third-order valence-electron chi connectivity index (χ3n) is 6.93. The molecule has 1 unspecified atom stereocenters. The fourth-order valence-electron chi connectivity index (χ4n) is 4.90. The van der Waals surface area contributed by atoms with Gasteiger partial charge in [0.2, 0.25) is 17.7 Å². The number of piperidine rings is 1. The second kappa shape index (κ2) is 11.4. The van der Waals surface area contributed by atoms with E-state index in [0.29, 0.717) is 39.0 Å². The molecule has 2 aromatic rings. The molecule has 35 heavy (non-hydrogen) atoms. The topological polar surface area (TPSA) is 81.8 Å². The molecule has 2 aliphatic heterocycles. The van der Waals surface area contributed by atoms with Crippen LogP contribution in [0.1, 0.15) is 36.5 Å². The molecule has 0 aromatic heterocycles. The number of benzene rings is 2. The van der Waals surface area contributed by atoms with Crippen LogP contribution in [0.5, 0.6) is 0 Å². The smallest absolute Gasteiger partial charge is 0.237 e. The number of hydrogen-bond donors (Lipinski definition) is 2. The maximum Gasteiger partial charge on any atom is 0.237 e. The van der Waals surface area contributed by atoms with Gasteiger partial charge in [-0.15, -0.1) is 0 Å². The summed E-state index contributed by atoms with van der Waals surface area (Å²) < 4.78 is 13.1. The van der Waals surface area contributed by atoms with Gasteiger partial charge in [0.1, 0.15) is 5.82 Å². The van der Waals surface area contributed by atoms with Gasteiger partial charge >= 0.3 is 0 Å². The summed E-state index contributed by atoms with van der Waals surface area (Å²) in [6.07, 6.45) is 2.63. The molecule has 4 rings (SSSR count). The number of amides is 3. The van der Waals surface area contributed by atoms with Crippen LogP contribution in [-0.2, 0) is 33.8 Å². The number of fused-ring (bicyclic) bond motifs is 1. The molecule has 2 aromatic carbocycles. The molecule has 0 spiro atoms. The van der Waals surface area contributed by atoms with Crippen LogP contribution in [0, 0.1) is 5.82 Å². The molecule has 0 saturated carbocycles. The predicted octanol–water partition coefficient (Wildman–Crippen LogP) is 2.04. The number of nitrogens with one attached hydrogen (secondary N) is 2. The van der Waals surface area contributed by atoms with Crippen LogP contribution >= 0.6 is 0 Å². The average molecular weight is 481 g/mol. The molecule has 7 nitrogen and oxygen atoms in total. The highest BCUT2D eigenvalue weighted by atomic mass is 19.1. The fourth-order valence-corrected chi connectivity index (χ4v) is 4.90. The number of hydrogen-bond acceptors (Lipinski definition) is 4. The largest absolute Gasteiger partial charge is 0.354 e. The molecule has 3 amide bonds. The van der Waals surface area contributed by atoms with Gasteiger partial charge in [0.15, 0.2) is 0 Å². The Balaban J connectivity index is 1.35. The molecule has 1 saturated heterocycles. The zero-order chi connectivity index (χ0) is 24.8. The molecule has 1 fully saturated rings. The van der Waals surface area contributed by atoms with Crippen LogP contribution in [0.3, 0.4) is 0 Å². The van der Waals surface area contributed by atoms with Crippen molar-refractivity contribution in [3.8, 4) is 0 Å². The Kier molecular flexibility index (Phi) is 8.13. The lowest BCUT2D eigenvalue weighted by molar-refractivity contribution is -0.130. The van der Waals surface area contributed by atoms with E-state index < -0.39 is 6.04 Å². The van der Waals surface area contributed by atoms with Crippen LogP contribution in [0.4, 0.5) is 4.39 Å². The van der Waals surface area contributed by atoms with Gasteiger partial charge in [-0.05, 0) is 54.5 Å². The highest BCUT2D eigenvalue weighted by Crippen LogP contribution is 2.23. The lowest BCUT2D eigenvalue weighted by Gasteiger charge is -2.36. The van der Waals surface area contributed by atoms with Crippen molar-refractivity contribution in [1.82, 2.24) is 20.4 Å². The van der Waals surface area contributed by atoms with E-state index in [-0.39, 0.29) is 36.1 Å². The molecule has 0 radical (unpaired) electrons. The summed E-state index contributed by atoms with van der Waals surface area (Å²) in [6, 6.07) is 13.9. The number of likely N-dealkylation sites (tertiary alicyclic amines) is 1. The number of rotatable bonds is 7. The van der Waals surface area contributed by atoms with Crippen LogP contribution in [0.2, 0.25) is 0 Å². The van der Waals surface area contributed by atoms with Gasteiger partial charge in [-0.1, -0.05) is 36.4 Å². The van der Waals surface area contributed by atoms with Crippen molar-refractivity contribution in [2.45, 2.75) is 51.2 Å². The molecule has 2 heterocycles. The Bertz CT molecular complexity index is 1050. The molecule has 0 bridgehead atoms. The maximum atomic E-state index is 13.2. The molecule has 1 atom stereocenters. The number of nitrogens with zero attached hydrogens (tertiary/aromatic N) is 2. The summed E-state index contributed by atoms with van der Waals surface area (Å²) in [6.45, 7) is 3.97. The average Bonchev–Trinajstić information content (AvgIpc) is 2.85. The Labute approximate surface area is 205 Å². The van der Waals surface area contributed by atoms with Crippen LogP contribution < -0.4 is 10.6 Å². The molecule has 0 aliphatic carbocycles. The van der Waals surface area contributed by atoms with Crippen molar-refractivity contribution in [3.05, 3.63) is 71.0 Å². The van der Waals surface area contributed by atoms with Crippen molar-refractivity contribution < 1.29 is 18.8 Å². The standard InChI is InChI=1S/C27H33FN4O3/c1-19(33)31-14-11-24(12-15-31)30-26(34)18-32-17-22-5-3-2-4-21(22)16-25(32)27(35)29-13-10-20-6-8-23(28)9-7-20/h2-9,24-25H,10-18H2,1H3,(H,29,35)(H,30,34). The van der Waals surface area contributed by atoms with E-state index in [1.165, 1.54) is 12.1 Å². The van der Waals surface area contributed by atoms with Gasteiger partial charge in [0, 0.05) is 39.1 Å². The SMILES string of the molecule is CC(=O)N1CCC(NC(=O)CN2Cc3ccccc3CC2C(=O)NCCc2ccc(F)cc2)CC1. The monoisotopic (exact) mass is 480 g/mol. The van der Waals surface area contributed by atoms with Gasteiger partial charge in [0.25, 0.3) is 0 Å². The van der Waals surface area contributed by atoms with Crippen molar-refractivity contribution >= 4 is 17.7 Å². The van der Waals surface area contributed by atoms with E-state index in [4.69, 9.17) is 0 Å². The zero-order valence-corrected chi connectivity index (χ0v) is 20.1. The fraction of sp³-hybridized carbons (Fsp3) is 0.444. The Morgan fingerprint density at radius 1 is 1.00 bits per heavy atom. The Morgan fingerprint density at radius 2 is 1.69 bits per heavy atom. The molecular weight excluding hydrogens is 447 g/mol. The summed E-state index contributed by atoms with van der Waals surface area (Å²) in [4.78, 5) is 41.3. The normalized spacial score (nSPS) is 18.6. The number of halogens is 1. The van der Waals surface area contributed by atoms with Gasteiger partial charge in [0.05, 0.1) is 12.6 Å². The zero-order valence-electron chi connectivity index (χ0n) is 20.1. The van der Waals surface area contributed by atoms with E-state index in [1.54, 1.807) is 24.0 Å². The summed E-state index contributed by atoms with van der Waals surface area (Å²) in [5.41, 5.74) is 3.21. The van der Waals surface area contributed by atoms with Crippen molar-refractivity contribution in [3.63, 3.8) is 0 Å². The van der Waals surface area contributed by atoms with Gasteiger partial charge < -0.3 is 15.5 Å². The molecule has 8 heteroatoms. The molecule has 2 aliphatic rings. The third kappa shape index (κ3) is 6.66. The lowest BCUT2D eigenvalue weighted by Crippen LogP contribution is -2.54. The number of carbonyl (C=O) groups excluding carboxylic acids is 3. The predicted molar refractivity (Wildman–Crippen MR) is 131 cm³/mol. The molecule has 2 N–H and O–H groups in total. The van der Waals surface area contributed by atoms with Crippen LogP contribution in [-0.4, -0.2) is 65.8 Å². The van der Waals surface area contributed by atoms with Gasteiger partial charge in [-0.2, -0.15) is 0 Å². The molecule has 186 valence electrons. The minimum absolute atomic E-state index is 0.0400.